The summed E-state index contributed by atoms with van der Waals surface area (Å²) in [5.41, 5.74) is 1.71. The summed E-state index contributed by atoms with van der Waals surface area (Å²) in [4.78, 5) is 14.8. The molecule has 0 saturated carbocycles. The van der Waals surface area contributed by atoms with E-state index in [0.29, 0.717) is 30.8 Å². The van der Waals surface area contributed by atoms with Gasteiger partial charge < -0.3 is 19.9 Å². The molecule has 6 rings (SSSR count). The third kappa shape index (κ3) is 4.72. The number of thiophene rings is 1. The minimum absolute atomic E-state index is 0.193. The van der Waals surface area contributed by atoms with Gasteiger partial charge in [-0.25, -0.2) is 0 Å². The fourth-order valence-electron chi connectivity index (χ4n) is 7.78. The summed E-state index contributed by atoms with van der Waals surface area (Å²) in [5.74, 6) is -0.802. The predicted molar refractivity (Wildman–Crippen MR) is 150 cm³/mol. The second-order valence-corrected chi connectivity index (χ2v) is 13.4. The van der Waals surface area contributed by atoms with Crippen LogP contribution in [-0.2, 0) is 26.2 Å². The summed E-state index contributed by atoms with van der Waals surface area (Å²) in [6, 6.07) is 8.17. The number of piperidine rings is 1. The van der Waals surface area contributed by atoms with E-state index in [4.69, 9.17) is 32.7 Å². The molecule has 4 aliphatic heterocycles. The average molecular weight is 580 g/mol. The summed E-state index contributed by atoms with van der Waals surface area (Å²) in [6.45, 7) is 5.24. The van der Waals surface area contributed by atoms with Crippen molar-refractivity contribution >= 4 is 40.5 Å². The molecule has 2 aromatic rings. The summed E-state index contributed by atoms with van der Waals surface area (Å²) >= 11 is 14.8. The SMILES string of the molecule is O=C(O)C1COCCC12COC1(CCN([C@](Cc3ccc(Cl)cc3Cl)(c3ccsc3)[C@H]3CCNC3)CC1)C2. The fourth-order valence-corrected chi connectivity index (χ4v) is 8.99. The first-order valence-electron chi connectivity index (χ1n) is 13.7. The number of nitrogens with zero attached hydrogens (tertiary/aromatic N) is 1. The first kappa shape index (κ1) is 27.0. The molecule has 38 heavy (non-hydrogen) atoms. The lowest BCUT2D eigenvalue weighted by molar-refractivity contribution is -0.156. The van der Waals surface area contributed by atoms with Crippen LogP contribution in [-0.4, -0.2) is 67.6 Å². The molecule has 0 aliphatic carbocycles. The van der Waals surface area contributed by atoms with E-state index in [1.54, 1.807) is 11.3 Å². The minimum atomic E-state index is -0.757. The first-order chi connectivity index (χ1) is 18.4. The van der Waals surface area contributed by atoms with E-state index in [1.165, 1.54) is 5.56 Å². The van der Waals surface area contributed by atoms with Gasteiger partial charge in [0, 0.05) is 41.7 Å². The Morgan fingerprint density at radius 1 is 1.24 bits per heavy atom. The second kappa shape index (κ2) is 10.7. The lowest BCUT2D eigenvalue weighted by Crippen LogP contribution is -2.58. The fraction of sp³-hybridized carbons (Fsp3) is 0.621. The molecule has 0 bridgehead atoms. The molecule has 0 amide bonds. The number of hydrogen-bond donors (Lipinski definition) is 2. The number of carbonyl (C=O) groups is 1. The van der Waals surface area contributed by atoms with Crippen LogP contribution in [0.3, 0.4) is 0 Å². The minimum Gasteiger partial charge on any atom is -0.481 e. The number of benzene rings is 1. The Balaban J connectivity index is 1.30. The number of ether oxygens (including phenoxy) is 2. The average Bonchev–Trinajstić information content (AvgIpc) is 3.68. The van der Waals surface area contributed by atoms with Crippen LogP contribution >= 0.6 is 34.5 Å². The van der Waals surface area contributed by atoms with E-state index >= 15 is 0 Å². The normalized spacial score (nSPS) is 31.1. The maximum absolute atomic E-state index is 12.1. The molecule has 4 fully saturated rings. The van der Waals surface area contributed by atoms with Gasteiger partial charge >= 0.3 is 5.97 Å². The zero-order valence-electron chi connectivity index (χ0n) is 21.6. The van der Waals surface area contributed by atoms with Gasteiger partial charge in [0.25, 0.3) is 0 Å². The largest absolute Gasteiger partial charge is 0.481 e. The van der Waals surface area contributed by atoms with Crippen LogP contribution in [0.2, 0.25) is 10.0 Å². The van der Waals surface area contributed by atoms with E-state index in [2.05, 4.69) is 33.1 Å². The molecule has 4 atom stereocenters. The Hall–Kier alpha value is -1.19. The zero-order chi connectivity index (χ0) is 26.4. The van der Waals surface area contributed by atoms with Crippen molar-refractivity contribution < 1.29 is 19.4 Å². The molecule has 4 aliphatic rings. The molecular formula is C29H36Cl2N2O4S. The molecule has 2 N–H and O–H groups in total. The van der Waals surface area contributed by atoms with Crippen molar-refractivity contribution in [2.45, 2.75) is 49.7 Å². The Morgan fingerprint density at radius 3 is 2.76 bits per heavy atom. The van der Waals surface area contributed by atoms with Crippen LogP contribution in [0.5, 0.6) is 0 Å². The topological polar surface area (TPSA) is 71.0 Å². The number of halogens is 2. The third-order valence-electron chi connectivity index (χ3n) is 9.88. The number of likely N-dealkylation sites (tertiary alicyclic amines) is 1. The molecule has 2 unspecified atom stereocenters. The third-order valence-corrected chi connectivity index (χ3v) is 11.1. The summed E-state index contributed by atoms with van der Waals surface area (Å²) < 4.78 is 12.2. The van der Waals surface area contributed by atoms with Gasteiger partial charge in [0.05, 0.1) is 30.3 Å². The van der Waals surface area contributed by atoms with Crippen molar-refractivity contribution in [3.05, 3.63) is 56.2 Å². The lowest BCUT2D eigenvalue weighted by atomic mass is 9.66. The predicted octanol–water partition coefficient (Wildman–Crippen LogP) is 5.46. The number of rotatable bonds is 6. The van der Waals surface area contributed by atoms with E-state index in [-0.39, 0.29) is 16.6 Å². The number of hydrogen-bond acceptors (Lipinski definition) is 6. The maximum atomic E-state index is 12.1. The van der Waals surface area contributed by atoms with E-state index in [1.807, 2.05) is 12.1 Å². The van der Waals surface area contributed by atoms with E-state index in [0.717, 1.165) is 75.3 Å². The standard InChI is InChI=1S/C29H36Cl2N2O4S/c30-23-2-1-20(25(31)13-23)14-29(21-3-8-32-15-21,22-4-12-38-17-22)33-9-5-28(6-10-33)18-27(19-37-28)7-11-36-16-24(27)26(34)35/h1-2,4,12-13,17,21,24,32H,3,5-11,14-16,18-19H2,(H,34,35)/t21-,24?,27?,29-/m0/s1. The van der Waals surface area contributed by atoms with Crippen LogP contribution in [0, 0.1) is 17.3 Å². The molecular weight excluding hydrogens is 543 g/mol. The molecule has 1 aromatic carbocycles. The highest BCUT2D eigenvalue weighted by Crippen LogP contribution is 2.54. The van der Waals surface area contributed by atoms with E-state index < -0.39 is 11.9 Å². The first-order valence-corrected chi connectivity index (χ1v) is 15.4. The summed E-state index contributed by atoms with van der Waals surface area (Å²) in [7, 11) is 0. The molecule has 9 heteroatoms. The summed E-state index contributed by atoms with van der Waals surface area (Å²) in [5, 5.41) is 19.4. The van der Waals surface area contributed by atoms with Crippen molar-refractivity contribution in [1.29, 1.82) is 0 Å². The quantitative estimate of drug-likeness (QED) is 0.474. The van der Waals surface area contributed by atoms with Crippen molar-refractivity contribution in [3.63, 3.8) is 0 Å². The number of nitrogens with one attached hydrogen (secondary N) is 1. The number of aliphatic carboxylic acids is 1. The Bertz CT molecular complexity index is 1150. The van der Waals surface area contributed by atoms with Crippen LogP contribution in [0.1, 0.15) is 43.2 Å². The van der Waals surface area contributed by atoms with Gasteiger partial charge in [-0.2, -0.15) is 11.3 Å². The highest BCUT2D eigenvalue weighted by atomic mass is 35.5. The van der Waals surface area contributed by atoms with Gasteiger partial charge in [0.15, 0.2) is 0 Å². The molecule has 0 radical (unpaired) electrons. The van der Waals surface area contributed by atoms with Gasteiger partial charge in [-0.1, -0.05) is 29.3 Å². The van der Waals surface area contributed by atoms with Crippen molar-refractivity contribution in [2.75, 3.05) is 46.0 Å². The van der Waals surface area contributed by atoms with Crippen LogP contribution < -0.4 is 5.32 Å². The molecule has 5 heterocycles. The highest BCUT2D eigenvalue weighted by molar-refractivity contribution is 7.08. The van der Waals surface area contributed by atoms with Gasteiger partial charge in [-0.15, -0.1) is 0 Å². The molecule has 4 saturated heterocycles. The molecule has 2 spiro atoms. The van der Waals surface area contributed by atoms with Gasteiger partial charge in [-0.05, 0) is 91.1 Å². The number of carboxylic acid groups (broad SMARTS) is 1. The van der Waals surface area contributed by atoms with Crippen molar-refractivity contribution in [2.24, 2.45) is 17.3 Å². The number of carboxylic acids is 1. The Morgan fingerprint density at radius 2 is 2.08 bits per heavy atom. The Labute approximate surface area is 238 Å². The zero-order valence-corrected chi connectivity index (χ0v) is 23.9. The van der Waals surface area contributed by atoms with Crippen molar-refractivity contribution in [1.82, 2.24) is 10.2 Å². The van der Waals surface area contributed by atoms with Gasteiger partial charge in [-0.3, -0.25) is 9.69 Å². The highest BCUT2D eigenvalue weighted by Gasteiger charge is 2.58. The van der Waals surface area contributed by atoms with Gasteiger partial charge in [0.1, 0.15) is 0 Å². The maximum Gasteiger partial charge on any atom is 0.309 e. The molecule has 206 valence electrons. The molecule has 6 nitrogen and oxygen atoms in total. The van der Waals surface area contributed by atoms with Crippen LogP contribution in [0.4, 0.5) is 0 Å². The van der Waals surface area contributed by atoms with Gasteiger partial charge in [0.2, 0.25) is 0 Å². The smallest absolute Gasteiger partial charge is 0.309 e. The van der Waals surface area contributed by atoms with E-state index in [9.17, 15) is 9.90 Å². The monoisotopic (exact) mass is 578 g/mol. The van der Waals surface area contributed by atoms with Crippen LogP contribution in [0.15, 0.2) is 35.0 Å². The summed E-state index contributed by atoms with van der Waals surface area (Å²) in [6.07, 6.45) is 5.32. The van der Waals surface area contributed by atoms with Crippen molar-refractivity contribution in [3.8, 4) is 0 Å². The second-order valence-electron chi connectivity index (χ2n) is 11.8. The lowest BCUT2D eigenvalue weighted by Gasteiger charge is -2.52. The van der Waals surface area contributed by atoms with Crippen LogP contribution in [0.25, 0.3) is 0 Å². The Kier molecular flexibility index (Phi) is 7.57. The molecule has 1 aromatic heterocycles.